The molecule has 0 spiro atoms. The van der Waals surface area contributed by atoms with Crippen LogP contribution in [0.1, 0.15) is 24.8 Å². The molecular formula is C12H18N4S. The summed E-state index contributed by atoms with van der Waals surface area (Å²) < 4.78 is 0. The molecule has 0 atom stereocenters. The average molecular weight is 250 g/mol. The van der Waals surface area contributed by atoms with Crippen molar-refractivity contribution in [1.29, 1.82) is 5.26 Å². The van der Waals surface area contributed by atoms with E-state index in [0.29, 0.717) is 17.1 Å². The van der Waals surface area contributed by atoms with Crippen LogP contribution in [0.4, 0.5) is 11.5 Å². The minimum atomic E-state index is 0.508. The Morgan fingerprint density at radius 1 is 1.47 bits per heavy atom. The molecule has 0 radical (unpaired) electrons. The maximum absolute atomic E-state index is 8.93. The number of aromatic nitrogens is 1. The predicted octanol–water partition coefficient (Wildman–Crippen LogP) is 2.48. The predicted molar refractivity (Wildman–Crippen MR) is 74.1 cm³/mol. The zero-order valence-electron chi connectivity index (χ0n) is 10.1. The number of hydrogen-bond acceptors (Lipinski definition) is 5. The first-order chi connectivity index (χ1) is 8.27. The van der Waals surface area contributed by atoms with Crippen LogP contribution in [0.2, 0.25) is 0 Å². The lowest BCUT2D eigenvalue weighted by Gasteiger charge is -2.07. The van der Waals surface area contributed by atoms with Crippen LogP contribution in [-0.4, -0.2) is 23.5 Å². The van der Waals surface area contributed by atoms with E-state index in [1.165, 1.54) is 18.6 Å². The van der Waals surface area contributed by atoms with E-state index in [1.807, 2.05) is 11.8 Å². The second-order valence-electron chi connectivity index (χ2n) is 3.76. The topological polar surface area (TPSA) is 74.7 Å². The van der Waals surface area contributed by atoms with Crippen LogP contribution in [0, 0.1) is 11.3 Å². The van der Waals surface area contributed by atoms with Gasteiger partial charge in [0, 0.05) is 6.54 Å². The van der Waals surface area contributed by atoms with Crippen LogP contribution < -0.4 is 11.1 Å². The molecule has 1 rings (SSSR count). The Labute approximate surface area is 107 Å². The molecule has 1 aromatic heterocycles. The van der Waals surface area contributed by atoms with Crippen LogP contribution in [-0.2, 0) is 0 Å². The second-order valence-corrected chi connectivity index (χ2v) is 4.74. The van der Waals surface area contributed by atoms with Gasteiger partial charge in [-0.05, 0) is 30.9 Å². The molecule has 17 heavy (non-hydrogen) atoms. The summed E-state index contributed by atoms with van der Waals surface area (Å²) in [6.07, 6.45) is 7.22. The first-order valence-electron chi connectivity index (χ1n) is 5.66. The van der Waals surface area contributed by atoms with Crippen molar-refractivity contribution in [2.45, 2.75) is 19.3 Å². The fourth-order valence-electron chi connectivity index (χ4n) is 1.46. The molecule has 0 aromatic carbocycles. The highest BCUT2D eigenvalue weighted by Gasteiger charge is 2.02. The molecule has 5 heteroatoms. The highest BCUT2D eigenvalue weighted by atomic mass is 32.2. The average Bonchev–Trinajstić information content (AvgIpc) is 2.35. The van der Waals surface area contributed by atoms with Crippen molar-refractivity contribution in [1.82, 2.24) is 4.98 Å². The van der Waals surface area contributed by atoms with Gasteiger partial charge in [0.15, 0.2) is 0 Å². The van der Waals surface area contributed by atoms with Gasteiger partial charge in [0.2, 0.25) is 0 Å². The number of rotatable bonds is 7. The molecule has 3 N–H and O–H groups in total. The third kappa shape index (κ3) is 4.96. The van der Waals surface area contributed by atoms with E-state index in [-0.39, 0.29) is 0 Å². The van der Waals surface area contributed by atoms with Gasteiger partial charge in [-0.1, -0.05) is 6.42 Å². The molecule has 1 heterocycles. The molecule has 0 bridgehead atoms. The number of nitrogens with one attached hydrogen (secondary N) is 1. The van der Waals surface area contributed by atoms with Gasteiger partial charge in [-0.3, -0.25) is 0 Å². The standard InChI is InChI=1S/C12H18N4S/c1-17-6-4-2-3-5-15-12-10(8-13)7-11(14)9-16-12/h7,9H,2-6,14H2,1H3,(H,15,16). The SMILES string of the molecule is CSCCCCCNc1ncc(N)cc1C#N. The third-order valence-electron chi connectivity index (χ3n) is 2.35. The lowest BCUT2D eigenvalue weighted by atomic mass is 10.2. The number of thioether (sulfide) groups is 1. The van der Waals surface area contributed by atoms with E-state index in [1.54, 1.807) is 12.3 Å². The summed E-state index contributed by atoms with van der Waals surface area (Å²) in [7, 11) is 0. The van der Waals surface area contributed by atoms with Gasteiger partial charge in [0.1, 0.15) is 11.9 Å². The lowest BCUT2D eigenvalue weighted by molar-refractivity contribution is 0.748. The summed E-state index contributed by atoms with van der Waals surface area (Å²) >= 11 is 1.87. The molecule has 92 valence electrons. The Morgan fingerprint density at radius 3 is 3.00 bits per heavy atom. The highest BCUT2D eigenvalue weighted by molar-refractivity contribution is 7.98. The van der Waals surface area contributed by atoms with Crippen molar-refractivity contribution in [3.63, 3.8) is 0 Å². The number of unbranched alkanes of at least 4 members (excludes halogenated alkanes) is 2. The minimum Gasteiger partial charge on any atom is -0.397 e. The van der Waals surface area contributed by atoms with E-state index in [4.69, 9.17) is 11.0 Å². The maximum atomic E-state index is 8.93. The first kappa shape index (κ1) is 13.7. The summed E-state index contributed by atoms with van der Waals surface area (Å²) in [6, 6.07) is 3.73. The number of hydrogen-bond donors (Lipinski definition) is 2. The quantitative estimate of drug-likeness (QED) is 0.727. The van der Waals surface area contributed by atoms with Crippen molar-refractivity contribution in [2.75, 3.05) is 29.6 Å². The molecule has 0 amide bonds. The van der Waals surface area contributed by atoms with Gasteiger partial charge in [0.25, 0.3) is 0 Å². The third-order valence-corrected chi connectivity index (χ3v) is 3.04. The first-order valence-corrected chi connectivity index (χ1v) is 7.05. The summed E-state index contributed by atoms with van der Waals surface area (Å²) in [5.41, 5.74) is 6.60. The van der Waals surface area contributed by atoms with Crippen LogP contribution in [0.5, 0.6) is 0 Å². The number of anilines is 2. The Hall–Kier alpha value is -1.41. The van der Waals surface area contributed by atoms with Crippen molar-refractivity contribution in [3.8, 4) is 6.07 Å². The van der Waals surface area contributed by atoms with Crippen molar-refractivity contribution < 1.29 is 0 Å². The van der Waals surface area contributed by atoms with Crippen LogP contribution in [0.15, 0.2) is 12.3 Å². The van der Waals surface area contributed by atoms with Gasteiger partial charge in [-0.2, -0.15) is 17.0 Å². The normalized spacial score (nSPS) is 9.88. The second kappa shape index (κ2) is 7.80. The molecule has 4 nitrogen and oxygen atoms in total. The molecule has 0 fully saturated rings. The lowest BCUT2D eigenvalue weighted by Crippen LogP contribution is -2.06. The van der Waals surface area contributed by atoms with Gasteiger partial charge in [-0.25, -0.2) is 4.98 Å². The van der Waals surface area contributed by atoms with Gasteiger partial charge in [0.05, 0.1) is 17.4 Å². The van der Waals surface area contributed by atoms with Gasteiger partial charge < -0.3 is 11.1 Å². The van der Waals surface area contributed by atoms with E-state index < -0.39 is 0 Å². The van der Waals surface area contributed by atoms with Crippen LogP contribution in [0.3, 0.4) is 0 Å². The molecule has 0 aliphatic carbocycles. The zero-order valence-corrected chi connectivity index (χ0v) is 10.9. The summed E-state index contributed by atoms with van der Waals surface area (Å²) in [5, 5.41) is 12.1. The largest absolute Gasteiger partial charge is 0.397 e. The van der Waals surface area contributed by atoms with E-state index in [2.05, 4.69) is 22.6 Å². The Balaban J connectivity index is 2.34. The number of nitriles is 1. The van der Waals surface area contributed by atoms with Crippen LogP contribution in [0.25, 0.3) is 0 Å². The molecule has 1 aromatic rings. The van der Waals surface area contributed by atoms with Crippen molar-refractivity contribution in [2.24, 2.45) is 0 Å². The maximum Gasteiger partial charge on any atom is 0.144 e. The van der Waals surface area contributed by atoms with Gasteiger partial charge >= 0.3 is 0 Å². The fraction of sp³-hybridized carbons (Fsp3) is 0.500. The molecular weight excluding hydrogens is 232 g/mol. The smallest absolute Gasteiger partial charge is 0.144 e. The van der Waals surface area contributed by atoms with E-state index >= 15 is 0 Å². The summed E-state index contributed by atoms with van der Waals surface area (Å²) in [6.45, 7) is 0.847. The van der Waals surface area contributed by atoms with Gasteiger partial charge in [-0.15, -0.1) is 0 Å². The Kier molecular flexibility index (Phi) is 6.26. The zero-order chi connectivity index (χ0) is 12.5. The van der Waals surface area contributed by atoms with Crippen molar-refractivity contribution >= 4 is 23.3 Å². The minimum absolute atomic E-state index is 0.508. The molecule has 0 aliphatic heterocycles. The number of pyridine rings is 1. The molecule has 0 unspecified atom stereocenters. The fourth-order valence-corrected chi connectivity index (χ4v) is 1.95. The van der Waals surface area contributed by atoms with E-state index in [0.717, 1.165) is 13.0 Å². The molecule has 0 aliphatic rings. The van der Waals surface area contributed by atoms with E-state index in [9.17, 15) is 0 Å². The highest BCUT2D eigenvalue weighted by Crippen LogP contribution is 2.14. The number of nitrogens with zero attached hydrogens (tertiary/aromatic N) is 2. The van der Waals surface area contributed by atoms with Crippen molar-refractivity contribution in [3.05, 3.63) is 17.8 Å². The molecule has 0 saturated carbocycles. The summed E-state index contributed by atoms with van der Waals surface area (Å²) in [4.78, 5) is 4.12. The molecule has 0 saturated heterocycles. The van der Waals surface area contributed by atoms with Crippen LogP contribution >= 0.6 is 11.8 Å². The monoisotopic (exact) mass is 250 g/mol. The summed E-state index contributed by atoms with van der Waals surface area (Å²) in [5.74, 6) is 1.84. The number of nitrogens with two attached hydrogens (primary N) is 1. The Bertz CT molecular complexity index is 387. The number of nitrogen functional groups attached to an aromatic ring is 1. The Morgan fingerprint density at radius 2 is 2.29 bits per heavy atom.